The lowest BCUT2D eigenvalue weighted by atomic mass is 9.92. The molecule has 0 saturated heterocycles. The molecule has 1 aliphatic carbocycles. The molecule has 1 N–H and O–H groups in total. The number of carbonyl (C=O) groups is 1. The molecule has 1 saturated carbocycles. The minimum atomic E-state index is -0.590. The lowest BCUT2D eigenvalue weighted by Gasteiger charge is -2.35. The number of hydrogen-bond donors (Lipinski definition) is 1. The smallest absolute Gasteiger partial charge is 0.325 e. The fraction of sp³-hybridized carbons (Fsp3) is 0.938. The van der Waals surface area contributed by atoms with Gasteiger partial charge in [-0.15, -0.1) is 0 Å². The normalized spacial score (nSPS) is 20.9. The molecule has 4 nitrogen and oxygen atoms in total. The summed E-state index contributed by atoms with van der Waals surface area (Å²) in [7, 11) is 3.64. The Morgan fingerprint density at radius 2 is 2.05 bits per heavy atom. The van der Waals surface area contributed by atoms with Crippen LogP contribution in [0.4, 0.5) is 0 Å². The fourth-order valence-corrected chi connectivity index (χ4v) is 3.37. The molecule has 0 aliphatic heterocycles. The number of esters is 1. The van der Waals surface area contributed by atoms with Crippen LogP contribution >= 0.6 is 0 Å². The van der Waals surface area contributed by atoms with E-state index < -0.39 is 5.54 Å². The monoisotopic (exact) mass is 284 g/mol. The second kappa shape index (κ2) is 7.99. The van der Waals surface area contributed by atoms with Gasteiger partial charge in [-0.2, -0.15) is 0 Å². The van der Waals surface area contributed by atoms with Crippen molar-refractivity contribution >= 4 is 5.97 Å². The van der Waals surface area contributed by atoms with Crippen molar-refractivity contribution in [1.82, 2.24) is 10.2 Å². The summed E-state index contributed by atoms with van der Waals surface area (Å²) >= 11 is 0. The third-order valence-corrected chi connectivity index (χ3v) is 4.68. The van der Waals surface area contributed by atoms with Gasteiger partial charge in [-0.3, -0.25) is 4.79 Å². The van der Waals surface area contributed by atoms with Crippen LogP contribution < -0.4 is 5.32 Å². The lowest BCUT2D eigenvalue weighted by Crippen LogP contribution is -2.53. The summed E-state index contributed by atoms with van der Waals surface area (Å²) in [5, 5.41) is 3.29. The zero-order valence-corrected chi connectivity index (χ0v) is 13.9. The van der Waals surface area contributed by atoms with Gasteiger partial charge in [0.2, 0.25) is 0 Å². The molecular weight excluding hydrogens is 252 g/mol. The zero-order valence-electron chi connectivity index (χ0n) is 13.9. The van der Waals surface area contributed by atoms with Crippen molar-refractivity contribution in [1.29, 1.82) is 0 Å². The van der Waals surface area contributed by atoms with Gasteiger partial charge in [-0.1, -0.05) is 19.8 Å². The number of likely N-dealkylation sites (N-methyl/N-ethyl adjacent to an activating group) is 1. The summed E-state index contributed by atoms with van der Waals surface area (Å²) in [4.78, 5) is 14.4. The third-order valence-electron chi connectivity index (χ3n) is 4.68. The minimum Gasteiger partial charge on any atom is -0.468 e. The van der Waals surface area contributed by atoms with Crippen LogP contribution in [0.2, 0.25) is 0 Å². The lowest BCUT2D eigenvalue weighted by molar-refractivity contribution is -0.148. The van der Waals surface area contributed by atoms with Crippen molar-refractivity contribution < 1.29 is 9.53 Å². The summed E-state index contributed by atoms with van der Waals surface area (Å²) in [6, 6.07) is 0.360. The molecule has 2 unspecified atom stereocenters. The third kappa shape index (κ3) is 4.74. The van der Waals surface area contributed by atoms with Crippen LogP contribution in [0.25, 0.3) is 0 Å². The van der Waals surface area contributed by atoms with Crippen LogP contribution in [0.1, 0.15) is 52.9 Å². The van der Waals surface area contributed by atoms with Crippen LogP contribution in [0, 0.1) is 5.92 Å². The number of nitrogens with one attached hydrogen (secondary N) is 1. The summed E-state index contributed by atoms with van der Waals surface area (Å²) in [6.07, 6.45) is 6.25. The van der Waals surface area contributed by atoms with E-state index in [9.17, 15) is 4.79 Å². The molecule has 0 aromatic rings. The number of carbonyl (C=O) groups excluding carboxylic acids is 1. The number of methoxy groups -OCH3 is 1. The largest absolute Gasteiger partial charge is 0.468 e. The van der Waals surface area contributed by atoms with Crippen molar-refractivity contribution in [3.63, 3.8) is 0 Å². The van der Waals surface area contributed by atoms with Crippen molar-refractivity contribution in [2.24, 2.45) is 5.92 Å². The Morgan fingerprint density at radius 3 is 2.55 bits per heavy atom. The highest BCUT2D eigenvalue weighted by atomic mass is 16.5. The Hall–Kier alpha value is -0.610. The molecule has 2 atom stereocenters. The summed E-state index contributed by atoms with van der Waals surface area (Å²) in [5.74, 6) is 0.673. The van der Waals surface area contributed by atoms with E-state index in [-0.39, 0.29) is 5.97 Å². The Bertz CT molecular complexity index is 303. The predicted octanol–water partition coefficient (Wildman–Crippen LogP) is 2.43. The molecule has 1 rings (SSSR count). The van der Waals surface area contributed by atoms with Crippen molar-refractivity contribution in [2.45, 2.75) is 64.5 Å². The molecule has 20 heavy (non-hydrogen) atoms. The minimum absolute atomic E-state index is 0.166. The molecule has 0 aromatic carbocycles. The SMILES string of the molecule is CCNC(C)(CC(C)N(C)CC1CCCC1)C(=O)OC. The molecule has 0 bridgehead atoms. The maximum absolute atomic E-state index is 12.0. The Balaban J connectivity index is 2.55. The average Bonchev–Trinajstić information content (AvgIpc) is 2.90. The predicted molar refractivity (Wildman–Crippen MR) is 82.8 cm³/mol. The van der Waals surface area contributed by atoms with Crippen LogP contribution in [-0.2, 0) is 9.53 Å². The zero-order chi connectivity index (χ0) is 15.2. The topological polar surface area (TPSA) is 41.6 Å². The van der Waals surface area contributed by atoms with Gasteiger partial charge in [0.05, 0.1) is 7.11 Å². The van der Waals surface area contributed by atoms with Crippen LogP contribution in [-0.4, -0.2) is 49.7 Å². The molecule has 0 radical (unpaired) electrons. The highest BCUT2D eigenvalue weighted by molar-refractivity contribution is 5.80. The van der Waals surface area contributed by atoms with Gasteiger partial charge in [0.15, 0.2) is 0 Å². The highest BCUT2D eigenvalue weighted by Crippen LogP contribution is 2.26. The fourth-order valence-electron chi connectivity index (χ4n) is 3.37. The molecule has 0 aromatic heterocycles. The number of nitrogens with zero attached hydrogens (tertiary/aromatic N) is 1. The first-order valence-corrected chi connectivity index (χ1v) is 7.96. The highest BCUT2D eigenvalue weighted by Gasteiger charge is 2.36. The Morgan fingerprint density at radius 1 is 1.45 bits per heavy atom. The Kier molecular flexibility index (Phi) is 6.96. The summed E-state index contributed by atoms with van der Waals surface area (Å²) in [5.41, 5.74) is -0.590. The number of ether oxygens (including phenoxy) is 1. The first-order chi connectivity index (χ1) is 9.42. The van der Waals surface area contributed by atoms with Gasteiger partial charge >= 0.3 is 5.97 Å². The molecule has 0 heterocycles. The molecule has 4 heteroatoms. The quantitative estimate of drug-likeness (QED) is 0.695. The number of hydrogen-bond acceptors (Lipinski definition) is 4. The molecule has 0 spiro atoms. The molecule has 1 fully saturated rings. The van der Waals surface area contributed by atoms with Crippen LogP contribution in [0.15, 0.2) is 0 Å². The van der Waals surface area contributed by atoms with Gasteiger partial charge in [0, 0.05) is 12.6 Å². The van der Waals surface area contributed by atoms with Gasteiger partial charge in [-0.25, -0.2) is 0 Å². The van der Waals surface area contributed by atoms with E-state index in [4.69, 9.17) is 4.74 Å². The van der Waals surface area contributed by atoms with E-state index in [1.807, 2.05) is 13.8 Å². The Labute approximate surface area is 124 Å². The first-order valence-electron chi connectivity index (χ1n) is 7.96. The van der Waals surface area contributed by atoms with E-state index in [0.29, 0.717) is 6.04 Å². The molecule has 118 valence electrons. The van der Waals surface area contributed by atoms with E-state index in [1.165, 1.54) is 32.8 Å². The van der Waals surface area contributed by atoms with Gasteiger partial charge in [0.25, 0.3) is 0 Å². The second-order valence-corrected chi connectivity index (χ2v) is 6.50. The van der Waals surface area contributed by atoms with E-state index in [1.54, 1.807) is 0 Å². The van der Waals surface area contributed by atoms with Crippen LogP contribution in [0.5, 0.6) is 0 Å². The van der Waals surface area contributed by atoms with Crippen LogP contribution in [0.3, 0.4) is 0 Å². The van der Waals surface area contributed by atoms with E-state index >= 15 is 0 Å². The summed E-state index contributed by atoms with van der Waals surface area (Å²) in [6.45, 7) is 8.08. The van der Waals surface area contributed by atoms with Crippen molar-refractivity contribution in [2.75, 3.05) is 27.2 Å². The first kappa shape index (κ1) is 17.4. The molecule has 1 aliphatic rings. The summed E-state index contributed by atoms with van der Waals surface area (Å²) < 4.78 is 4.96. The molecular formula is C16H32N2O2. The van der Waals surface area contributed by atoms with Gasteiger partial charge in [-0.05, 0) is 52.6 Å². The van der Waals surface area contributed by atoms with Crippen molar-refractivity contribution in [3.8, 4) is 0 Å². The average molecular weight is 284 g/mol. The standard InChI is InChI=1S/C16H32N2O2/c1-6-17-16(3,15(19)20-5)11-13(2)18(4)12-14-9-7-8-10-14/h13-14,17H,6-12H2,1-5H3. The maximum atomic E-state index is 12.0. The van der Waals surface area contributed by atoms with E-state index in [2.05, 4.69) is 24.2 Å². The number of rotatable bonds is 8. The second-order valence-electron chi connectivity index (χ2n) is 6.50. The van der Waals surface area contributed by atoms with E-state index in [0.717, 1.165) is 25.4 Å². The molecule has 0 amide bonds. The van der Waals surface area contributed by atoms with Gasteiger partial charge in [0.1, 0.15) is 5.54 Å². The van der Waals surface area contributed by atoms with Crippen molar-refractivity contribution in [3.05, 3.63) is 0 Å². The van der Waals surface area contributed by atoms with Gasteiger partial charge < -0.3 is 15.0 Å². The maximum Gasteiger partial charge on any atom is 0.325 e.